The van der Waals surface area contributed by atoms with Gasteiger partial charge in [-0.25, -0.2) is 4.79 Å². The molecule has 0 spiro atoms. The van der Waals surface area contributed by atoms with Crippen LogP contribution in [0.1, 0.15) is 36.0 Å². The van der Waals surface area contributed by atoms with E-state index in [1.807, 2.05) is 0 Å². The van der Waals surface area contributed by atoms with Crippen molar-refractivity contribution in [1.82, 2.24) is 9.55 Å². The molecule has 6 heteroatoms. The summed E-state index contributed by atoms with van der Waals surface area (Å²) in [5.41, 5.74) is -0.230. The Morgan fingerprint density at radius 3 is 2.71 bits per heavy atom. The molecule has 0 amide bonds. The van der Waals surface area contributed by atoms with Gasteiger partial charge in [0, 0.05) is 6.54 Å². The zero-order valence-corrected chi connectivity index (χ0v) is 11.5. The lowest BCUT2D eigenvalue weighted by Gasteiger charge is -2.25. The monoisotopic (exact) mass is 288 g/mol. The van der Waals surface area contributed by atoms with Crippen LogP contribution in [0, 0.1) is 5.92 Å². The van der Waals surface area contributed by atoms with E-state index in [0.29, 0.717) is 23.5 Å². The molecule has 0 bridgehead atoms. The number of nitrogens with zero attached hydrogens (tertiary/aromatic N) is 1. The number of carboxylic acid groups (broad SMARTS) is 1. The van der Waals surface area contributed by atoms with Crippen LogP contribution in [0.2, 0.25) is 0 Å². The average Bonchev–Trinajstić information content (AvgIpc) is 2.40. The number of benzene rings is 1. The van der Waals surface area contributed by atoms with Crippen molar-refractivity contribution < 1.29 is 9.90 Å². The minimum atomic E-state index is -1.05. The number of carboxylic acids is 1. The number of rotatable bonds is 4. The first-order valence-corrected chi connectivity index (χ1v) is 7.06. The number of fused-ring (bicyclic) bond motifs is 1. The van der Waals surface area contributed by atoms with Crippen LogP contribution in [-0.2, 0) is 6.54 Å². The highest BCUT2D eigenvalue weighted by Gasteiger charge is 2.18. The molecule has 1 heterocycles. The van der Waals surface area contributed by atoms with Gasteiger partial charge in [-0.3, -0.25) is 9.59 Å². The minimum absolute atomic E-state index is 0.103. The molecule has 1 fully saturated rings. The first kappa shape index (κ1) is 13.6. The fraction of sp³-hybridized carbons (Fsp3) is 0.400. The number of hydrogen-bond acceptors (Lipinski definition) is 3. The summed E-state index contributed by atoms with van der Waals surface area (Å²) in [7, 11) is 0. The third kappa shape index (κ3) is 2.49. The predicted octanol–water partition coefficient (Wildman–Crippen LogP) is 1.58. The number of nitrogens with one attached hydrogen (secondary N) is 1. The Labute approximate surface area is 120 Å². The molecule has 1 saturated carbocycles. The third-order valence-corrected chi connectivity index (χ3v) is 4.21. The van der Waals surface area contributed by atoms with E-state index in [1.54, 1.807) is 0 Å². The zero-order chi connectivity index (χ0) is 15.0. The number of aromatic nitrogens is 2. The third-order valence-electron chi connectivity index (χ3n) is 4.21. The maximum Gasteiger partial charge on any atom is 0.335 e. The van der Waals surface area contributed by atoms with Crippen molar-refractivity contribution >= 4 is 17.0 Å². The summed E-state index contributed by atoms with van der Waals surface area (Å²) < 4.78 is 1.40. The van der Waals surface area contributed by atoms with Crippen LogP contribution < -0.4 is 11.1 Å². The molecule has 3 rings (SSSR count). The van der Waals surface area contributed by atoms with Gasteiger partial charge in [0.25, 0.3) is 0 Å². The first-order chi connectivity index (χ1) is 10.1. The van der Waals surface area contributed by atoms with Crippen molar-refractivity contribution in [2.45, 2.75) is 32.2 Å². The van der Waals surface area contributed by atoms with Gasteiger partial charge >= 0.3 is 17.1 Å². The number of carbonyl (C=O) groups is 1. The van der Waals surface area contributed by atoms with E-state index in [1.165, 1.54) is 29.2 Å². The van der Waals surface area contributed by atoms with Gasteiger partial charge in [-0.2, -0.15) is 0 Å². The number of hydrogen-bond donors (Lipinski definition) is 2. The maximum absolute atomic E-state index is 12.1. The molecule has 1 aliphatic carbocycles. The molecule has 1 aliphatic rings. The smallest absolute Gasteiger partial charge is 0.335 e. The Hall–Kier alpha value is -2.37. The molecule has 0 aliphatic heterocycles. The molecule has 2 aromatic rings. The van der Waals surface area contributed by atoms with E-state index in [2.05, 4.69) is 4.98 Å². The van der Waals surface area contributed by atoms with Crippen molar-refractivity contribution in [3.63, 3.8) is 0 Å². The summed E-state index contributed by atoms with van der Waals surface area (Å²) in [6.45, 7) is 0.451. The fourth-order valence-electron chi connectivity index (χ4n) is 2.72. The van der Waals surface area contributed by atoms with Crippen LogP contribution in [0.3, 0.4) is 0 Å². The summed E-state index contributed by atoms with van der Waals surface area (Å²) in [6, 6.07) is 4.39. The Morgan fingerprint density at radius 2 is 2.10 bits per heavy atom. The van der Waals surface area contributed by atoms with E-state index < -0.39 is 17.1 Å². The van der Waals surface area contributed by atoms with E-state index in [0.717, 1.165) is 19.3 Å². The van der Waals surface area contributed by atoms with Gasteiger partial charge in [0.2, 0.25) is 0 Å². The van der Waals surface area contributed by atoms with Crippen molar-refractivity contribution in [2.75, 3.05) is 0 Å². The Bertz CT molecular complexity index is 815. The molecule has 0 unspecified atom stereocenters. The lowest BCUT2D eigenvalue weighted by atomic mass is 9.83. The van der Waals surface area contributed by atoms with Crippen molar-refractivity contribution in [3.8, 4) is 0 Å². The Kier molecular flexibility index (Phi) is 3.37. The SMILES string of the molecule is O=C(O)c1ccc2[nH]c(=O)c(=O)n(CCC3CCC3)c2c1. The lowest BCUT2D eigenvalue weighted by molar-refractivity contribution is 0.0697. The molecule has 1 aromatic carbocycles. The molecule has 1 aromatic heterocycles. The fourth-order valence-corrected chi connectivity index (χ4v) is 2.72. The van der Waals surface area contributed by atoms with Gasteiger partial charge in [0.15, 0.2) is 0 Å². The second-order valence-electron chi connectivity index (χ2n) is 5.53. The molecule has 2 N–H and O–H groups in total. The van der Waals surface area contributed by atoms with E-state index in [4.69, 9.17) is 5.11 Å². The molecule has 110 valence electrons. The molecule has 0 saturated heterocycles. The number of H-pyrrole nitrogens is 1. The average molecular weight is 288 g/mol. The molecule has 21 heavy (non-hydrogen) atoms. The Balaban J connectivity index is 2.10. The van der Waals surface area contributed by atoms with E-state index in [9.17, 15) is 14.4 Å². The molecule has 0 atom stereocenters. The van der Waals surface area contributed by atoms with Gasteiger partial charge in [0.05, 0.1) is 16.6 Å². The topological polar surface area (TPSA) is 92.2 Å². The van der Waals surface area contributed by atoms with Crippen LogP contribution in [0.25, 0.3) is 11.0 Å². The highest BCUT2D eigenvalue weighted by molar-refractivity contribution is 5.92. The summed E-state index contributed by atoms with van der Waals surface area (Å²) >= 11 is 0. The van der Waals surface area contributed by atoms with Crippen molar-refractivity contribution in [2.24, 2.45) is 5.92 Å². The quantitative estimate of drug-likeness (QED) is 0.835. The van der Waals surface area contributed by atoms with Gasteiger partial charge < -0.3 is 14.7 Å². The van der Waals surface area contributed by atoms with E-state index in [-0.39, 0.29) is 5.56 Å². The van der Waals surface area contributed by atoms with Gasteiger partial charge in [0.1, 0.15) is 0 Å². The van der Waals surface area contributed by atoms with Gasteiger partial charge in [-0.15, -0.1) is 0 Å². The lowest BCUT2D eigenvalue weighted by Crippen LogP contribution is -2.37. The Morgan fingerprint density at radius 1 is 1.33 bits per heavy atom. The summed E-state index contributed by atoms with van der Waals surface area (Å²) in [5.74, 6) is -0.449. The number of aryl methyl sites for hydroxylation is 1. The molecular weight excluding hydrogens is 272 g/mol. The zero-order valence-electron chi connectivity index (χ0n) is 11.5. The van der Waals surface area contributed by atoms with Gasteiger partial charge in [-0.05, 0) is 30.5 Å². The van der Waals surface area contributed by atoms with Crippen LogP contribution >= 0.6 is 0 Å². The normalized spacial score (nSPS) is 15.0. The molecule has 0 radical (unpaired) electrons. The van der Waals surface area contributed by atoms with Crippen LogP contribution in [0.15, 0.2) is 27.8 Å². The minimum Gasteiger partial charge on any atom is -0.478 e. The highest BCUT2D eigenvalue weighted by atomic mass is 16.4. The maximum atomic E-state index is 12.1. The molecular formula is C15H16N2O4. The van der Waals surface area contributed by atoms with Crippen molar-refractivity contribution in [3.05, 3.63) is 44.5 Å². The van der Waals surface area contributed by atoms with E-state index >= 15 is 0 Å². The van der Waals surface area contributed by atoms with Crippen LogP contribution in [-0.4, -0.2) is 20.6 Å². The highest BCUT2D eigenvalue weighted by Crippen LogP contribution is 2.29. The van der Waals surface area contributed by atoms with Gasteiger partial charge in [-0.1, -0.05) is 19.3 Å². The summed E-state index contributed by atoms with van der Waals surface area (Å²) in [6.07, 6.45) is 4.39. The number of aromatic amines is 1. The number of aromatic carboxylic acids is 1. The summed E-state index contributed by atoms with van der Waals surface area (Å²) in [4.78, 5) is 37.3. The second-order valence-corrected chi connectivity index (χ2v) is 5.53. The van der Waals surface area contributed by atoms with Crippen LogP contribution in [0.4, 0.5) is 0 Å². The summed E-state index contributed by atoms with van der Waals surface area (Å²) in [5, 5.41) is 9.07. The largest absolute Gasteiger partial charge is 0.478 e. The first-order valence-electron chi connectivity index (χ1n) is 7.06. The standard InChI is InChI=1S/C15H16N2O4/c18-13-14(19)17(7-6-9-2-1-3-9)12-8-10(15(20)21)4-5-11(12)16-13/h4-5,8-9H,1-3,6-7H2,(H,16,18)(H,20,21). The second kappa shape index (κ2) is 5.20. The predicted molar refractivity (Wildman–Crippen MR) is 77.7 cm³/mol. The van der Waals surface area contributed by atoms with Crippen LogP contribution in [0.5, 0.6) is 0 Å². The molecule has 6 nitrogen and oxygen atoms in total. The van der Waals surface area contributed by atoms with Crippen molar-refractivity contribution in [1.29, 1.82) is 0 Å².